The number of benzene rings is 1. The Morgan fingerprint density at radius 2 is 2.33 bits per heavy atom. The molecular weight excluding hydrogens is 310 g/mol. The highest BCUT2D eigenvalue weighted by Crippen LogP contribution is 2.34. The zero-order valence-corrected chi connectivity index (χ0v) is 13.8. The van der Waals surface area contributed by atoms with Crippen molar-refractivity contribution < 1.29 is 19.1 Å². The van der Waals surface area contributed by atoms with Crippen molar-refractivity contribution in [2.75, 3.05) is 31.2 Å². The zero-order valence-electron chi connectivity index (χ0n) is 13.8. The Morgan fingerprint density at radius 3 is 3.04 bits per heavy atom. The number of ether oxygens (including phenoxy) is 2. The summed E-state index contributed by atoms with van der Waals surface area (Å²) in [5.74, 6) is 0.139. The highest BCUT2D eigenvalue weighted by molar-refractivity contribution is 6.02. The first-order chi connectivity index (χ1) is 11.5. The number of nitrogens with one attached hydrogen (secondary N) is 1. The monoisotopic (exact) mass is 333 g/mol. The van der Waals surface area contributed by atoms with Crippen molar-refractivity contribution in [1.82, 2.24) is 5.32 Å². The van der Waals surface area contributed by atoms with E-state index in [4.69, 9.17) is 15.2 Å². The number of hydrogen-bond donors (Lipinski definition) is 2. The Kier molecular flexibility index (Phi) is 5.01. The van der Waals surface area contributed by atoms with Crippen LogP contribution in [-0.2, 0) is 14.3 Å². The fourth-order valence-electron chi connectivity index (χ4n) is 2.91. The molecule has 2 amide bonds. The van der Waals surface area contributed by atoms with E-state index in [9.17, 15) is 9.59 Å². The van der Waals surface area contributed by atoms with E-state index in [2.05, 4.69) is 5.32 Å². The number of rotatable bonds is 5. The second kappa shape index (κ2) is 7.19. The third kappa shape index (κ3) is 3.68. The van der Waals surface area contributed by atoms with Gasteiger partial charge in [-0.05, 0) is 37.5 Å². The highest BCUT2D eigenvalue weighted by Gasteiger charge is 2.28. The van der Waals surface area contributed by atoms with Gasteiger partial charge in [0.25, 0.3) is 5.91 Å². The molecule has 1 fully saturated rings. The lowest BCUT2D eigenvalue weighted by atomic mass is 10.1. The van der Waals surface area contributed by atoms with Gasteiger partial charge in [0.1, 0.15) is 12.3 Å². The van der Waals surface area contributed by atoms with Crippen molar-refractivity contribution in [2.24, 2.45) is 5.73 Å². The molecule has 7 heteroatoms. The van der Waals surface area contributed by atoms with Gasteiger partial charge in [-0.25, -0.2) is 0 Å². The number of nitrogens with zero attached hydrogens (tertiary/aromatic N) is 1. The van der Waals surface area contributed by atoms with Gasteiger partial charge < -0.3 is 20.5 Å². The van der Waals surface area contributed by atoms with E-state index in [1.54, 1.807) is 6.07 Å². The number of nitrogens with two attached hydrogens (primary N) is 1. The van der Waals surface area contributed by atoms with Crippen LogP contribution in [0.2, 0.25) is 0 Å². The van der Waals surface area contributed by atoms with Crippen molar-refractivity contribution >= 4 is 17.5 Å². The molecule has 0 aromatic heterocycles. The van der Waals surface area contributed by atoms with Crippen LogP contribution in [0.3, 0.4) is 0 Å². The van der Waals surface area contributed by atoms with Gasteiger partial charge in [0, 0.05) is 19.2 Å². The lowest BCUT2D eigenvalue weighted by molar-refractivity contribution is -0.125. The molecule has 2 atom stereocenters. The van der Waals surface area contributed by atoms with Gasteiger partial charge in [-0.15, -0.1) is 0 Å². The van der Waals surface area contributed by atoms with Gasteiger partial charge in [0.05, 0.1) is 11.8 Å². The average Bonchev–Trinajstić information content (AvgIpc) is 3.08. The van der Waals surface area contributed by atoms with Crippen LogP contribution in [0.5, 0.6) is 5.75 Å². The van der Waals surface area contributed by atoms with Gasteiger partial charge in [0.15, 0.2) is 6.61 Å². The Balaban J connectivity index is 1.69. The minimum atomic E-state index is -0.239. The maximum Gasteiger partial charge on any atom is 0.265 e. The smallest absolute Gasteiger partial charge is 0.265 e. The minimum Gasteiger partial charge on any atom is -0.482 e. The molecule has 2 heterocycles. The topological polar surface area (TPSA) is 93.9 Å². The first-order valence-corrected chi connectivity index (χ1v) is 8.25. The molecule has 0 bridgehead atoms. The largest absolute Gasteiger partial charge is 0.482 e. The number of carbonyl (C=O) groups excluding carboxylic acids is 2. The lowest BCUT2D eigenvalue weighted by Gasteiger charge is -2.29. The van der Waals surface area contributed by atoms with Crippen molar-refractivity contribution in [2.45, 2.75) is 31.9 Å². The van der Waals surface area contributed by atoms with E-state index in [1.165, 1.54) is 4.90 Å². The molecule has 1 aromatic rings. The number of anilines is 1. The van der Waals surface area contributed by atoms with Gasteiger partial charge in [0.2, 0.25) is 5.91 Å². The Morgan fingerprint density at radius 1 is 1.50 bits per heavy atom. The predicted octanol–water partition coefficient (Wildman–Crippen LogP) is 0.727. The van der Waals surface area contributed by atoms with Crippen LogP contribution in [0.4, 0.5) is 5.69 Å². The Hall–Kier alpha value is -2.12. The van der Waals surface area contributed by atoms with Crippen molar-refractivity contribution in [3.05, 3.63) is 23.8 Å². The van der Waals surface area contributed by atoms with Crippen LogP contribution >= 0.6 is 0 Å². The summed E-state index contributed by atoms with van der Waals surface area (Å²) in [6.45, 7) is 2.99. The molecule has 3 N–H and O–H groups in total. The number of carbonyl (C=O) groups is 2. The summed E-state index contributed by atoms with van der Waals surface area (Å²) in [4.78, 5) is 25.9. The molecule has 130 valence electrons. The first kappa shape index (κ1) is 16.7. The van der Waals surface area contributed by atoms with Crippen molar-refractivity contribution in [1.29, 1.82) is 0 Å². The maximum atomic E-state index is 12.2. The highest BCUT2D eigenvalue weighted by atomic mass is 16.5. The lowest BCUT2D eigenvalue weighted by Crippen LogP contribution is -2.46. The van der Waals surface area contributed by atoms with Crippen LogP contribution in [-0.4, -0.2) is 44.2 Å². The molecule has 0 saturated carbocycles. The van der Waals surface area contributed by atoms with Gasteiger partial charge in [-0.2, -0.15) is 0 Å². The third-order valence-electron chi connectivity index (χ3n) is 4.30. The second-order valence-electron chi connectivity index (χ2n) is 6.22. The first-order valence-electron chi connectivity index (χ1n) is 8.25. The molecule has 0 aliphatic carbocycles. The molecule has 2 aliphatic heterocycles. The number of amides is 2. The average molecular weight is 333 g/mol. The summed E-state index contributed by atoms with van der Waals surface area (Å²) in [7, 11) is 0. The van der Waals surface area contributed by atoms with Gasteiger partial charge in [-0.1, -0.05) is 6.07 Å². The van der Waals surface area contributed by atoms with Crippen LogP contribution in [0.25, 0.3) is 0 Å². The van der Waals surface area contributed by atoms with Crippen LogP contribution in [0.15, 0.2) is 18.2 Å². The molecule has 0 unspecified atom stereocenters. The number of fused-ring (bicyclic) bond motifs is 1. The molecule has 2 aliphatic rings. The molecular formula is C17H23N3O4. The summed E-state index contributed by atoms with van der Waals surface area (Å²) in [6.07, 6.45) is 2.05. The summed E-state index contributed by atoms with van der Waals surface area (Å²) in [5.41, 5.74) is 7.39. The van der Waals surface area contributed by atoms with Crippen molar-refractivity contribution in [3.8, 4) is 5.75 Å². The third-order valence-corrected chi connectivity index (χ3v) is 4.30. The van der Waals surface area contributed by atoms with E-state index in [-0.39, 0.29) is 37.1 Å². The molecule has 0 spiro atoms. The maximum absolute atomic E-state index is 12.2. The number of hydrogen-bond acceptors (Lipinski definition) is 5. The normalized spacial score (nSPS) is 21.2. The SMILES string of the molecule is C[C@@H](N)c1ccc2c(c1)N(CC(=O)NC[C@H]1CCCO1)C(=O)CO2. The summed E-state index contributed by atoms with van der Waals surface area (Å²) in [6, 6.07) is 5.31. The quantitative estimate of drug-likeness (QED) is 0.828. The Bertz CT molecular complexity index is 626. The van der Waals surface area contributed by atoms with Crippen LogP contribution in [0.1, 0.15) is 31.4 Å². The fraction of sp³-hybridized carbons (Fsp3) is 0.529. The minimum absolute atomic E-state index is 0.0374. The summed E-state index contributed by atoms with van der Waals surface area (Å²) >= 11 is 0. The van der Waals surface area contributed by atoms with E-state index in [0.717, 1.165) is 25.0 Å². The molecule has 1 aromatic carbocycles. The Labute approximate surface area is 141 Å². The van der Waals surface area contributed by atoms with E-state index >= 15 is 0 Å². The van der Waals surface area contributed by atoms with E-state index < -0.39 is 0 Å². The summed E-state index contributed by atoms with van der Waals surface area (Å²) < 4.78 is 10.9. The van der Waals surface area contributed by atoms with Crippen molar-refractivity contribution in [3.63, 3.8) is 0 Å². The fourth-order valence-corrected chi connectivity index (χ4v) is 2.91. The molecule has 24 heavy (non-hydrogen) atoms. The van der Waals surface area contributed by atoms with Gasteiger partial charge >= 0.3 is 0 Å². The summed E-state index contributed by atoms with van der Waals surface area (Å²) in [5, 5.41) is 2.84. The molecule has 3 rings (SSSR count). The predicted molar refractivity (Wildman–Crippen MR) is 88.9 cm³/mol. The van der Waals surface area contributed by atoms with Gasteiger partial charge in [-0.3, -0.25) is 14.5 Å². The second-order valence-corrected chi connectivity index (χ2v) is 6.22. The standard InChI is InChI=1S/C17H23N3O4/c1-11(18)12-4-5-15-14(7-12)20(17(22)10-24-15)9-16(21)19-8-13-3-2-6-23-13/h4-5,7,11,13H,2-3,6,8-10,18H2,1H3,(H,19,21)/t11-,13-/m1/s1. The molecule has 1 saturated heterocycles. The molecule has 0 radical (unpaired) electrons. The molecule has 7 nitrogen and oxygen atoms in total. The zero-order chi connectivity index (χ0) is 17.1. The van der Waals surface area contributed by atoms with Crippen LogP contribution < -0.4 is 20.7 Å². The van der Waals surface area contributed by atoms with Crippen LogP contribution in [0, 0.1) is 0 Å². The van der Waals surface area contributed by atoms with E-state index in [1.807, 2.05) is 19.1 Å². The van der Waals surface area contributed by atoms with E-state index in [0.29, 0.717) is 18.0 Å².